The van der Waals surface area contributed by atoms with Crippen LogP contribution in [0.2, 0.25) is 0 Å². The van der Waals surface area contributed by atoms with Crippen LogP contribution in [0.4, 0.5) is 0 Å². The summed E-state index contributed by atoms with van der Waals surface area (Å²) in [5.41, 5.74) is 1.86. The molecule has 0 N–H and O–H groups in total. The van der Waals surface area contributed by atoms with Crippen molar-refractivity contribution in [1.82, 2.24) is 9.88 Å². The highest BCUT2D eigenvalue weighted by atomic mass is 32.2. The van der Waals surface area contributed by atoms with E-state index in [1.807, 2.05) is 27.7 Å². The number of carbonyl (C=O) groups excluding carboxylic acids is 1. The Morgan fingerprint density at radius 3 is 2.61 bits per heavy atom. The summed E-state index contributed by atoms with van der Waals surface area (Å²) >= 11 is 1.34. The van der Waals surface area contributed by atoms with Crippen molar-refractivity contribution in [1.29, 1.82) is 0 Å². The molecule has 0 radical (unpaired) electrons. The summed E-state index contributed by atoms with van der Waals surface area (Å²) in [7, 11) is 0. The van der Waals surface area contributed by atoms with Crippen molar-refractivity contribution < 1.29 is 9.21 Å². The topological polar surface area (TPSA) is 46.3 Å². The number of oxazole rings is 1. The Labute approximate surface area is 112 Å². The second-order valence-corrected chi connectivity index (χ2v) is 5.20. The number of hydrogen-bond acceptors (Lipinski definition) is 4. The summed E-state index contributed by atoms with van der Waals surface area (Å²) in [6.45, 7) is 12.8. The fourth-order valence-corrected chi connectivity index (χ4v) is 2.24. The highest BCUT2D eigenvalue weighted by Gasteiger charge is 2.14. The Balaban J connectivity index is 2.51. The molecule has 0 fully saturated rings. The van der Waals surface area contributed by atoms with Crippen LogP contribution in [0.25, 0.3) is 0 Å². The van der Waals surface area contributed by atoms with Crippen LogP contribution >= 0.6 is 11.8 Å². The standard InChI is InChI=1S/C13H20N2O2S/c1-6-15(7-9(2)3)12(16)8-18-13-14-10(4)11(5)17-13/h2,6-8H2,1,3-5H3. The lowest BCUT2D eigenvalue weighted by atomic mass is 10.3. The zero-order valence-corrected chi connectivity index (χ0v) is 12.3. The molecule has 0 aliphatic carbocycles. The Bertz CT molecular complexity index is 421. The minimum Gasteiger partial charge on any atom is -0.437 e. The van der Waals surface area contributed by atoms with Crippen molar-refractivity contribution in [2.24, 2.45) is 0 Å². The molecule has 1 rings (SSSR count). The van der Waals surface area contributed by atoms with E-state index in [2.05, 4.69) is 11.6 Å². The highest BCUT2D eigenvalue weighted by Crippen LogP contribution is 2.20. The summed E-state index contributed by atoms with van der Waals surface area (Å²) in [5, 5.41) is 0.560. The van der Waals surface area contributed by atoms with E-state index in [0.717, 1.165) is 17.0 Å². The molecule has 1 aromatic rings. The van der Waals surface area contributed by atoms with Gasteiger partial charge in [-0.25, -0.2) is 4.98 Å². The first-order chi connectivity index (χ1) is 8.43. The number of likely N-dealkylation sites (N-methyl/N-ethyl adjacent to an activating group) is 1. The van der Waals surface area contributed by atoms with E-state index < -0.39 is 0 Å². The van der Waals surface area contributed by atoms with E-state index in [1.54, 1.807) is 4.90 Å². The van der Waals surface area contributed by atoms with E-state index in [4.69, 9.17) is 4.42 Å². The average Bonchev–Trinajstić information content (AvgIpc) is 2.62. The molecule has 1 heterocycles. The quantitative estimate of drug-likeness (QED) is 0.588. The Morgan fingerprint density at radius 1 is 1.50 bits per heavy atom. The van der Waals surface area contributed by atoms with Gasteiger partial charge in [0.25, 0.3) is 5.22 Å². The summed E-state index contributed by atoms with van der Waals surface area (Å²) in [5.74, 6) is 1.23. The highest BCUT2D eigenvalue weighted by molar-refractivity contribution is 7.99. The van der Waals surface area contributed by atoms with E-state index in [0.29, 0.717) is 24.1 Å². The zero-order chi connectivity index (χ0) is 13.7. The number of aromatic nitrogens is 1. The summed E-state index contributed by atoms with van der Waals surface area (Å²) in [6, 6.07) is 0. The normalized spacial score (nSPS) is 10.4. The van der Waals surface area contributed by atoms with Crippen LogP contribution in [0, 0.1) is 13.8 Å². The third-order valence-corrected chi connectivity index (χ3v) is 3.34. The molecule has 1 amide bonds. The summed E-state index contributed by atoms with van der Waals surface area (Å²) in [6.07, 6.45) is 0. The zero-order valence-electron chi connectivity index (χ0n) is 11.4. The lowest BCUT2D eigenvalue weighted by Gasteiger charge is -2.20. The van der Waals surface area contributed by atoms with Crippen molar-refractivity contribution >= 4 is 17.7 Å². The third-order valence-electron chi connectivity index (χ3n) is 2.52. The molecule has 4 nitrogen and oxygen atoms in total. The van der Waals surface area contributed by atoms with Gasteiger partial charge in [0, 0.05) is 13.1 Å². The molecule has 100 valence electrons. The maximum Gasteiger partial charge on any atom is 0.256 e. The van der Waals surface area contributed by atoms with Crippen molar-refractivity contribution in [2.45, 2.75) is 32.9 Å². The van der Waals surface area contributed by atoms with Crippen LogP contribution in [0.15, 0.2) is 21.8 Å². The lowest BCUT2D eigenvalue weighted by molar-refractivity contribution is -0.127. The monoisotopic (exact) mass is 268 g/mol. The van der Waals surface area contributed by atoms with Gasteiger partial charge in [-0.3, -0.25) is 4.79 Å². The fraction of sp³-hybridized carbons (Fsp3) is 0.538. The third kappa shape index (κ3) is 4.22. The molecule has 0 spiro atoms. The minimum absolute atomic E-state index is 0.0824. The lowest BCUT2D eigenvalue weighted by Crippen LogP contribution is -2.33. The Hall–Kier alpha value is -1.23. The molecule has 1 aromatic heterocycles. The molecule has 0 bridgehead atoms. The van der Waals surface area contributed by atoms with Crippen molar-refractivity contribution in [3.05, 3.63) is 23.6 Å². The maximum atomic E-state index is 12.0. The molecule has 0 saturated carbocycles. The Kier molecular flexibility index (Phi) is 5.47. The molecule has 0 aromatic carbocycles. The van der Waals surface area contributed by atoms with E-state index in [9.17, 15) is 4.79 Å². The van der Waals surface area contributed by atoms with Gasteiger partial charge >= 0.3 is 0 Å². The molecule has 18 heavy (non-hydrogen) atoms. The van der Waals surface area contributed by atoms with Crippen LogP contribution in [0.5, 0.6) is 0 Å². The number of nitrogens with zero attached hydrogens (tertiary/aromatic N) is 2. The summed E-state index contributed by atoms with van der Waals surface area (Å²) in [4.78, 5) is 18.0. The van der Waals surface area contributed by atoms with Crippen molar-refractivity contribution in [3.63, 3.8) is 0 Å². The van der Waals surface area contributed by atoms with Gasteiger partial charge in [-0.05, 0) is 27.7 Å². The average molecular weight is 268 g/mol. The SMILES string of the molecule is C=C(C)CN(CC)C(=O)CSc1nc(C)c(C)o1. The van der Waals surface area contributed by atoms with Crippen LogP contribution in [-0.4, -0.2) is 34.6 Å². The van der Waals surface area contributed by atoms with Crippen LogP contribution in [0.3, 0.4) is 0 Å². The van der Waals surface area contributed by atoms with Gasteiger partial charge in [0.1, 0.15) is 5.76 Å². The number of aryl methyl sites for hydroxylation is 2. The molecule has 0 atom stereocenters. The summed E-state index contributed by atoms with van der Waals surface area (Å²) < 4.78 is 5.42. The fourth-order valence-electron chi connectivity index (χ4n) is 1.42. The largest absolute Gasteiger partial charge is 0.437 e. The predicted molar refractivity (Wildman–Crippen MR) is 73.8 cm³/mol. The van der Waals surface area contributed by atoms with Crippen molar-refractivity contribution in [2.75, 3.05) is 18.8 Å². The molecule has 0 saturated heterocycles. The number of carbonyl (C=O) groups is 1. The molecular formula is C13H20N2O2S. The van der Waals surface area contributed by atoms with Gasteiger partial charge in [-0.1, -0.05) is 23.9 Å². The van der Waals surface area contributed by atoms with Gasteiger partial charge in [-0.2, -0.15) is 0 Å². The first-order valence-corrected chi connectivity index (χ1v) is 6.91. The molecule has 0 aliphatic heterocycles. The van der Waals surface area contributed by atoms with E-state index in [-0.39, 0.29) is 5.91 Å². The number of hydrogen-bond donors (Lipinski definition) is 0. The van der Waals surface area contributed by atoms with Crippen LogP contribution in [-0.2, 0) is 4.79 Å². The smallest absolute Gasteiger partial charge is 0.256 e. The Morgan fingerprint density at radius 2 is 2.17 bits per heavy atom. The second-order valence-electron chi connectivity index (χ2n) is 4.28. The first kappa shape index (κ1) is 14.8. The van der Waals surface area contributed by atoms with E-state index >= 15 is 0 Å². The predicted octanol–water partition coefficient (Wildman–Crippen LogP) is 2.81. The molecule has 0 unspecified atom stereocenters. The van der Waals surface area contributed by atoms with Crippen LogP contribution < -0.4 is 0 Å². The van der Waals surface area contributed by atoms with E-state index in [1.165, 1.54) is 11.8 Å². The van der Waals surface area contributed by atoms with Gasteiger partial charge < -0.3 is 9.32 Å². The van der Waals surface area contributed by atoms with Gasteiger partial charge in [0.15, 0.2) is 0 Å². The molecule has 0 aliphatic rings. The number of thioether (sulfide) groups is 1. The molecule has 5 heteroatoms. The second kappa shape index (κ2) is 6.64. The van der Waals surface area contributed by atoms with Gasteiger partial charge in [-0.15, -0.1) is 0 Å². The maximum absolute atomic E-state index is 12.0. The minimum atomic E-state index is 0.0824. The van der Waals surface area contributed by atoms with Gasteiger partial charge in [0.2, 0.25) is 5.91 Å². The number of rotatable bonds is 6. The first-order valence-electron chi connectivity index (χ1n) is 5.93. The number of amides is 1. The van der Waals surface area contributed by atoms with Crippen molar-refractivity contribution in [3.8, 4) is 0 Å². The van der Waals surface area contributed by atoms with Gasteiger partial charge in [0.05, 0.1) is 11.4 Å². The van der Waals surface area contributed by atoms with Crippen LogP contribution in [0.1, 0.15) is 25.3 Å². The molecular weight excluding hydrogens is 248 g/mol.